The number of hydrogen-bond donors (Lipinski definition) is 7. The zero-order chi connectivity index (χ0) is 31.6. The molecule has 0 radical (unpaired) electrons. The van der Waals surface area contributed by atoms with Gasteiger partial charge in [0, 0.05) is 13.1 Å². The number of benzene rings is 2. The normalized spacial score (nSPS) is 14.1. The van der Waals surface area contributed by atoms with Gasteiger partial charge >= 0.3 is 0 Å². The zero-order valence-electron chi connectivity index (χ0n) is 24.0. The molecule has 9 N–H and O–H groups in total. The van der Waals surface area contributed by atoms with Gasteiger partial charge in [0.1, 0.15) is 12.1 Å². The molecule has 0 fully saturated rings. The average molecular weight is 601 g/mol. The number of nitrogens with two attached hydrogens (primary N) is 2. The predicted molar refractivity (Wildman–Crippen MR) is 159 cm³/mol. The van der Waals surface area contributed by atoms with Crippen LogP contribution in [0.2, 0.25) is 0 Å². The SMILES string of the molecule is C[C@H](NC(=O)[C@H](N)COCc1ccccc1)C(=O)N[C@@H](CCCN=C(N)N[N+](=O)[O-])C(O)C(=O)NCCc1ccccc1. The zero-order valence-corrected chi connectivity index (χ0v) is 24.0. The van der Waals surface area contributed by atoms with E-state index in [0.29, 0.717) is 6.42 Å². The second kappa shape index (κ2) is 18.8. The Balaban J connectivity index is 1.92. The van der Waals surface area contributed by atoms with E-state index in [2.05, 4.69) is 20.9 Å². The van der Waals surface area contributed by atoms with Crippen LogP contribution in [0.4, 0.5) is 0 Å². The summed E-state index contributed by atoms with van der Waals surface area (Å²) in [6, 6.07) is 15.6. The lowest BCUT2D eigenvalue weighted by Gasteiger charge is -2.26. The number of aliphatic hydroxyl groups is 1. The molecule has 0 saturated heterocycles. The third kappa shape index (κ3) is 13.7. The van der Waals surface area contributed by atoms with E-state index in [1.54, 1.807) is 5.43 Å². The van der Waals surface area contributed by atoms with E-state index in [4.69, 9.17) is 16.2 Å². The van der Waals surface area contributed by atoms with E-state index in [-0.39, 0.29) is 39.1 Å². The molecule has 0 saturated carbocycles. The van der Waals surface area contributed by atoms with Crippen LogP contribution < -0.4 is 32.8 Å². The number of aliphatic hydroxyl groups excluding tert-OH is 1. The minimum absolute atomic E-state index is 0.0194. The van der Waals surface area contributed by atoms with Crippen molar-refractivity contribution in [1.29, 1.82) is 0 Å². The average Bonchev–Trinajstić information content (AvgIpc) is 2.98. The molecule has 2 aromatic rings. The number of aliphatic imine (C=N–C) groups is 1. The molecule has 0 aliphatic heterocycles. The maximum Gasteiger partial charge on any atom is 0.251 e. The van der Waals surface area contributed by atoms with Crippen molar-refractivity contribution < 1.29 is 29.3 Å². The van der Waals surface area contributed by atoms with E-state index < -0.39 is 52.9 Å². The summed E-state index contributed by atoms with van der Waals surface area (Å²) in [5, 5.41) is 28.1. The van der Waals surface area contributed by atoms with Crippen molar-refractivity contribution in [3.63, 3.8) is 0 Å². The number of carbonyl (C=O) groups excluding carboxylic acids is 3. The van der Waals surface area contributed by atoms with E-state index in [1.807, 2.05) is 60.7 Å². The van der Waals surface area contributed by atoms with E-state index in [0.717, 1.165) is 11.1 Å². The molecule has 234 valence electrons. The Hall–Kier alpha value is -4.60. The van der Waals surface area contributed by atoms with Crippen LogP contribution >= 0.6 is 0 Å². The van der Waals surface area contributed by atoms with Crippen LogP contribution in [0.25, 0.3) is 0 Å². The molecule has 1 unspecified atom stereocenters. The van der Waals surface area contributed by atoms with Crippen molar-refractivity contribution in [2.45, 2.75) is 57.0 Å². The first kappa shape index (κ1) is 34.6. The number of hydrazine groups is 1. The number of rotatable bonds is 18. The van der Waals surface area contributed by atoms with Crippen LogP contribution in [0.5, 0.6) is 0 Å². The third-order valence-corrected chi connectivity index (χ3v) is 6.19. The van der Waals surface area contributed by atoms with Crippen molar-refractivity contribution >= 4 is 23.7 Å². The van der Waals surface area contributed by atoms with Gasteiger partial charge in [0.15, 0.2) is 11.1 Å². The second-order valence-corrected chi connectivity index (χ2v) is 9.70. The van der Waals surface area contributed by atoms with Gasteiger partial charge in [-0.15, -0.1) is 0 Å². The summed E-state index contributed by atoms with van der Waals surface area (Å²) in [6.07, 6.45) is -0.813. The minimum Gasteiger partial charge on any atom is -0.381 e. The first-order valence-corrected chi connectivity index (χ1v) is 13.8. The molecule has 2 aromatic carbocycles. The summed E-state index contributed by atoms with van der Waals surface area (Å²) >= 11 is 0. The summed E-state index contributed by atoms with van der Waals surface area (Å²) in [5.74, 6) is -2.39. The van der Waals surface area contributed by atoms with Gasteiger partial charge in [0.05, 0.1) is 19.3 Å². The molecule has 0 bridgehead atoms. The lowest BCUT2D eigenvalue weighted by atomic mass is 10.0. The van der Waals surface area contributed by atoms with Crippen molar-refractivity contribution in [3.8, 4) is 0 Å². The molecule has 0 spiro atoms. The van der Waals surface area contributed by atoms with E-state index >= 15 is 0 Å². The predicted octanol–water partition coefficient (Wildman–Crippen LogP) is -0.884. The topological polar surface area (TPSA) is 236 Å². The van der Waals surface area contributed by atoms with Gasteiger partial charge in [-0.1, -0.05) is 66.1 Å². The van der Waals surface area contributed by atoms with Gasteiger partial charge in [-0.25, -0.2) is 15.1 Å². The Morgan fingerprint density at radius 1 is 1.00 bits per heavy atom. The molecule has 4 atom stereocenters. The number of ether oxygens (including phenoxy) is 1. The first-order valence-electron chi connectivity index (χ1n) is 13.8. The summed E-state index contributed by atoms with van der Waals surface area (Å²) in [5.41, 5.74) is 14.9. The Labute approximate surface area is 249 Å². The fourth-order valence-corrected chi connectivity index (χ4v) is 3.86. The maximum atomic E-state index is 12.9. The number of guanidine groups is 1. The quantitative estimate of drug-likeness (QED) is 0.0366. The van der Waals surface area contributed by atoms with Gasteiger partial charge in [-0.2, -0.15) is 0 Å². The van der Waals surface area contributed by atoms with Gasteiger partial charge in [0.2, 0.25) is 11.8 Å². The van der Waals surface area contributed by atoms with Gasteiger partial charge in [-0.05, 0) is 37.3 Å². The van der Waals surface area contributed by atoms with Crippen molar-refractivity contribution in [2.24, 2.45) is 16.5 Å². The number of nitrogens with one attached hydrogen (secondary N) is 4. The number of amides is 3. The third-order valence-electron chi connectivity index (χ3n) is 6.19. The molecule has 0 heterocycles. The second-order valence-electron chi connectivity index (χ2n) is 9.70. The molecule has 0 aromatic heterocycles. The van der Waals surface area contributed by atoms with Crippen LogP contribution in [0.3, 0.4) is 0 Å². The minimum atomic E-state index is -1.63. The molecule has 0 aliphatic carbocycles. The molecular weight excluding hydrogens is 560 g/mol. The van der Waals surface area contributed by atoms with Crippen LogP contribution in [0, 0.1) is 10.1 Å². The van der Waals surface area contributed by atoms with Crippen LogP contribution in [0.1, 0.15) is 30.9 Å². The molecule has 2 rings (SSSR count). The van der Waals surface area contributed by atoms with E-state index in [1.165, 1.54) is 6.92 Å². The summed E-state index contributed by atoms with van der Waals surface area (Å²) in [7, 11) is 0. The van der Waals surface area contributed by atoms with Gasteiger partial charge in [-0.3, -0.25) is 14.4 Å². The lowest BCUT2D eigenvalue weighted by molar-refractivity contribution is -0.525. The highest BCUT2D eigenvalue weighted by Crippen LogP contribution is 2.06. The maximum absolute atomic E-state index is 12.9. The highest BCUT2D eigenvalue weighted by Gasteiger charge is 2.29. The molecule has 0 aliphatic rings. The Morgan fingerprint density at radius 2 is 1.63 bits per heavy atom. The standard InChI is InChI=1S/C28H40N8O7/c1-19(33-26(39)22(29)18-43-17-21-11-6-3-7-12-21)25(38)34-23(13-8-15-32-28(30)35-36(41)42)24(37)27(40)31-16-14-20-9-4-2-5-10-20/h2-7,9-12,19,22-24,37H,8,13-18,29H2,1H3,(H,31,40)(H,33,39)(H,34,38)(H3,30,32,35)/t19-,22+,23-,24?/m0/s1. The summed E-state index contributed by atoms with van der Waals surface area (Å²) < 4.78 is 5.50. The molecule has 3 amide bonds. The van der Waals surface area contributed by atoms with E-state index in [9.17, 15) is 29.6 Å². The highest BCUT2D eigenvalue weighted by molar-refractivity contribution is 5.90. The lowest BCUT2D eigenvalue weighted by Crippen LogP contribution is -2.56. The smallest absolute Gasteiger partial charge is 0.251 e. The van der Waals surface area contributed by atoms with Crippen molar-refractivity contribution in [2.75, 3.05) is 19.7 Å². The summed E-state index contributed by atoms with van der Waals surface area (Å²) in [4.78, 5) is 52.4. The molecule has 15 nitrogen and oxygen atoms in total. The van der Waals surface area contributed by atoms with Crippen molar-refractivity contribution in [3.05, 3.63) is 81.9 Å². The largest absolute Gasteiger partial charge is 0.381 e. The van der Waals surface area contributed by atoms with Crippen LogP contribution in [0.15, 0.2) is 65.7 Å². The first-order chi connectivity index (χ1) is 20.6. The Bertz CT molecular complexity index is 1200. The molecular formula is C28H40N8O7. The number of carbonyl (C=O) groups is 3. The monoisotopic (exact) mass is 600 g/mol. The number of nitro groups is 1. The summed E-state index contributed by atoms with van der Waals surface area (Å²) in [6.45, 7) is 1.90. The van der Waals surface area contributed by atoms with Crippen LogP contribution in [-0.4, -0.2) is 77.7 Å². The fraction of sp³-hybridized carbons (Fsp3) is 0.429. The molecule has 43 heavy (non-hydrogen) atoms. The number of hydrogen-bond acceptors (Lipinski definition) is 9. The van der Waals surface area contributed by atoms with Crippen LogP contribution in [-0.2, 0) is 32.1 Å². The fourth-order valence-electron chi connectivity index (χ4n) is 3.86. The Kier molecular flexibility index (Phi) is 15.1. The number of nitrogens with zero attached hydrogens (tertiary/aromatic N) is 2. The Morgan fingerprint density at radius 3 is 2.26 bits per heavy atom. The highest BCUT2D eigenvalue weighted by atomic mass is 16.7. The van der Waals surface area contributed by atoms with Gasteiger partial charge < -0.3 is 37.3 Å². The van der Waals surface area contributed by atoms with Gasteiger partial charge in [0.25, 0.3) is 11.9 Å². The van der Waals surface area contributed by atoms with Crippen molar-refractivity contribution in [1.82, 2.24) is 21.4 Å². The molecule has 15 heteroatoms.